The van der Waals surface area contributed by atoms with Crippen LogP contribution in [0, 0.1) is 13.8 Å². The lowest BCUT2D eigenvalue weighted by Crippen LogP contribution is -2.32. The van der Waals surface area contributed by atoms with Crippen molar-refractivity contribution in [2.24, 2.45) is 0 Å². The summed E-state index contributed by atoms with van der Waals surface area (Å²) in [6.07, 6.45) is 2.41. The van der Waals surface area contributed by atoms with E-state index in [0.717, 1.165) is 11.4 Å². The van der Waals surface area contributed by atoms with Crippen molar-refractivity contribution in [1.82, 2.24) is 19.7 Å². The van der Waals surface area contributed by atoms with Crippen LogP contribution < -0.4 is 5.32 Å². The van der Waals surface area contributed by atoms with Gasteiger partial charge in [0.1, 0.15) is 5.82 Å². The molecule has 3 rings (SSSR count). The maximum absolute atomic E-state index is 13.2. The van der Waals surface area contributed by atoms with Crippen molar-refractivity contribution in [2.75, 3.05) is 5.32 Å². The Labute approximate surface area is 127 Å². The summed E-state index contributed by atoms with van der Waals surface area (Å²) < 4.78 is 28.0. The molecular formula is C15H19F2N5. The summed E-state index contributed by atoms with van der Waals surface area (Å²) in [7, 11) is 0. The Morgan fingerprint density at radius 1 is 1.27 bits per heavy atom. The van der Waals surface area contributed by atoms with Crippen LogP contribution in [0.25, 0.3) is 5.95 Å². The van der Waals surface area contributed by atoms with Gasteiger partial charge >= 0.3 is 0 Å². The molecule has 2 aromatic rings. The van der Waals surface area contributed by atoms with Gasteiger partial charge in [-0.1, -0.05) is 0 Å². The number of nitrogens with zero attached hydrogens (tertiary/aromatic N) is 4. The van der Waals surface area contributed by atoms with E-state index in [0.29, 0.717) is 24.6 Å². The van der Waals surface area contributed by atoms with E-state index in [1.54, 1.807) is 16.9 Å². The minimum absolute atomic E-state index is 0.0304. The number of hydrogen-bond acceptors (Lipinski definition) is 4. The van der Waals surface area contributed by atoms with Crippen LogP contribution >= 0.6 is 0 Å². The van der Waals surface area contributed by atoms with Gasteiger partial charge in [0, 0.05) is 30.8 Å². The van der Waals surface area contributed by atoms with Crippen LogP contribution in [-0.4, -0.2) is 31.7 Å². The van der Waals surface area contributed by atoms with E-state index in [-0.39, 0.29) is 18.9 Å². The number of nitrogens with one attached hydrogen (secondary N) is 1. The molecule has 0 bridgehead atoms. The van der Waals surface area contributed by atoms with Crippen LogP contribution in [0.2, 0.25) is 0 Å². The Morgan fingerprint density at radius 3 is 2.64 bits per heavy atom. The van der Waals surface area contributed by atoms with Crippen LogP contribution in [-0.2, 0) is 0 Å². The van der Waals surface area contributed by atoms with Gasteiger partial charge in [0.15, 0.2) is 0 Å². The van der Waals surface area contributed by atoms with Crippen molar-refractivity contribution in [3.8, 4) is 5.95 Å². The summed E-state index contributed by atoms with van der Waals surface area (Å²) in [5.41, 5.74) is 1.85. The average molecular weight is 307 g/mol. The minimum atomic E-state index is -2.52. The lowest BCUT2D eigenvalue weighted by atomic mass is 9.92. The van der Waals surface area contributed by atoms with Gasteiger partial charge in [0.25, 0.3) is 5.95 Å². The van der Waals surface area contributed by atoms with Gasteiger partial charge in [-0.15, -0.1) is 0 Å². The van der Waals surface area contributed by atoms with Crippen molar-refractivity contribution in [3.63, 3.8) is 0 Å². The Kier molecular flexibility index (Phi) is 3.80. The first-order valence-electron chi connectivity index (χ1n) is 7.44. The van der Waals surface area contributed by atoms with Crippen LogP contribution in [0.5, 0.6) is 0 Å². The van der Waals surface area contributed by atoms with Gasteiger partial charge in [0.2, 0.25) is 5.92 Å². The second kappa shape index (κ2) is 5.62. The minimum Gasteiger partial charge on any atom is -0.367 e. The first-order valence-corrected chi connectivity index (χ1v) is 7.44. The standard InChI is InChI=1S/C15H19F2N5/c1-10-9-11(2)22(21-10)14-18-8-5-13(20-14)19-12-3-6-15(16,17)7-4-12/h5,8-9,12H,3-4,6-7H2,1-2H3,(H,18,19,20). The van der Waals surface area contributed by atoms with Crippen molar-refractivity contribution >= 4 is 5.82 Å². The molecule has 0 saturated heterocycles. The van der Waals surface area contributed by atoms with E-state index in [1.165, 1.54) is 0 Å². The third kappa shape index (κ3) is 3.23. The van der Waals surface area contributed by atoms with Gasteiger partial charge in [-0.25, -0.2) is 18.4 Å². The van der Waals surface area contributed by atoms with Gasteiger partial charge < -0.3 is 5.32 Å². The lowest BCUT2D eigenvalue weighted by molar-refractivity contribution is -0.0361. The molecule has 5 nitrogen and oxygen atoms in total. The van der Waals surface area contributed by atoms with Crippen LogP contribution in [0.4, 0.5) is 14.6 Å². The molecule has 22 heavy (non-hydrogen) atoms. The molecule has 118 valence electrons. The Bertz CT molecular complexity index is 658. The van der Waals surface area contributed by atoms with Gasteiger partial charge in [0.05, 0.1) is 5.69 Å². The number of anilines is 1. The molecule has 0 aliphatic heterocycles. The summed E-state index contributed by atoms with van der Waals surface area (Å²) in [5, 5.41) is 7.58. The number of halogens is 2. The monoisotopic (exact) mass is 307 g/mol. The van der Waals surface area contributed by atoms with E-state index in [2.05, 4.69) is 20.4 Å². The molecule has 7 heteroatoms. The molecule has 2 aromatic heterocycles. The van der Waals surface area contributed by atoms with Crippen LogP contribution in [0.1, 0.15) is 37.1 Å². The van der Waals surface area contributed by atoms with E-state index >= 15 is 0 Å². The zero-order chi connectivity index (χ0) is 15.7. The quantitative estimate of drug-likeness (QED) is 0.945. The van der Waals surface area contributed by atoms with Crippen molar-refractivity contribution < 1.29 is 8.78 Å². The molecule has 1 saturated carbocycles. The van der Waals surface area contributed by atoms with Crippen molar-refractivity contribution in [2.45, 2.75) is 51.5 Å². The molecule has 0 atom stereocenters. The molecular weight excluding hydrogens is 288 g/mol. The molecule has 0 spiro atoms. The fourth-order valence-electron chi connectivity index (χ4n) is 2.76. The van der Waals surface area contributed by atoms with E-state index in [9.17, 15) is 8.78 Å². The largest absolute Gasteiger partial charge is 0.367 e. The highest BCUT2D eigenvalue weighted by molar-refractivity contribution is 5.37. The summed E-state index contributed by atoms with van der Waals surface area (Å²) in [6, 6.07) is 3.73. The van der Waals surface area contributed by atoms with E-state index < -0.39 is 5.92 Å². The number of aromatic nitrogens is 4. The number of rotatable bonds is 3. The SMILES string of the molecule is Cc1cc(C)n(-c2nccc(NC3CCC(F)(F)CC3)n2)n1. The molecule has 1 fully saturated rings. The first kappa shape index (κ1) is 14.9. The molecule has 0 unspecified atom stereocenters. The fraction of sp³-hybridized carbons (Fsp3) is 0.533. The Morgan fingerprint density at radius 2 is 2.00 bits per heavy atom. The normalized spacial score (nSPS) is 18.4. The average Bonchev–Trinajstić information content (AvgIpc) is 2.80. The first-order chi connectivity index (χ1) is 10.4. The summed E-state index contributed by atoms with van der Waals surface area (Å²) in [4.78, 5) is 8.67. The maximum Gasteiger partial charge on any atom is 0.252 e. The Balaban J connectivity index is 1.73. The van der Waals surface area contributed by atoms with Crippen molar-refractivity contribution in [1.29, 1.82) is 0 Å². The number of aryl methyl sites for hydroxylation is 2. The molecule has 1 aliphatic carbocycles. The second-order valence-corrected chi connectivity index (χ2v) is 5.86. The van der Waals surface area contributed by atoms with E-state index in [4.69, 9.17) is 0 Å². The zero-order valence-corrected chi connectivity index (χ0v) is 12.7. The molecule has 2 heterocycles. The predicted molar refractivity (Wildman–Crippen MR) is 79.5 cm³/mol. The second-order valence-electron chi connectivity index (χ2n) is 5.86. The Hall–Kier alpha value is -2.05. The zero-order valence-electron chi connectivity index (χ0n) is 12.7. The molecule has 1 N–H and O–H groups in total. The van der Waals surface area contributed by atoms with Gasteiger partial charge in [-0.2, -0.15) is 10.1 Å². The highest BCUT2D eigenvalue weighted by Gasteiger charge is 2.34. The lowest BCUT2D eigenvalue weighted by Gasteiger charge is -2.29. The van der Waals surface area contributed by atoms with Crippen molar-refractivity contribution in [3.05, 3.63) is 29.7 Å². The van der Waals surface area contributed by atoms with Gasteiger partial charge in [-0.05, 0) is 38.8 Å². The molecule has 0 amide bonds. The predicted octanol–water partition coefficient (Wildman–Crippen LogP) is 3.27. The number of alkyl halides is 2. The topological polar surface area (TPSA) is 55.6 Å². The maximum atomic E-state index is 13.2. The van der Waals surface area contributed by atoms with Crippen LogP contribution in [0.15, 0.2) is 18.3 Å². The van der Waals surface area contributed by atoms with Crippen LogP contribution in [0.3, 0.4) is 0 Å². The molecule has 1 aliphatic rings. The summed E-state index contributed by atoms with van der Waals surface area (Å²) in [6.45, 7) is 3.85. The fourth-order valence-corrected chi connectivity index (χ4v) is 2.76. The summed E-state index contributed by atoms with van der Waals surface area (Å²) in [5.74, 6) is -1.39. The highest BCUT2D eigenvalue weighted by atomic mass is 19.3. The highest BCUT2D eigenvalue weighted by Crippen LogP contribution is 2.34. The summed E-state index contributed by atoms with van der Waals surface area (Å²) >= 11 is 0. The smallest absolute Gasteiger partial charge is 0.252 e. The number of hydrogen-bond donors (Lipinski definition) is 1. The molecule has 0 radical (unpaired) electrons. The van der Waals surface area contributed by atoms with Gasteiger partial charge in [-0.3, -0.25) is 0 Å². The third-order valence-corrected chi connectivity index (χ3v) is 3.91. The third-order valence-electron chi connectivity index (χ3n) is 3.91. The molecule has 0 aromatic carbocycles. The van der Waals surface area contributed by atoms with E-state index in [1.807, 2.05) is 19.9 Å².